The lowest BCUT2D eigenvalue weighted by Gasteiger charge is -2.17. The number of nitrogens with one attached hydrogen (secondary N) is 1. The Bertz CT molecular complexity index is 574. The minimum Gasteiger partial charge on any atom is -0.444 e. The van der Waals surface area contributed by atoms with Crippen molar-refractivity contribution in [2.45, 2.75) is 39.7 Å². The number of oxazole rings is 1. The Kier molecular flexibility index (Phi) is 3.89. The van der Waals surface area contributed by atoms with Gasteiger partial charge in [0.05, 0.1) is 12.7 Å². The highest BCUT2D eigenvalue weighted by molar-refractivity contribution is 9.10. The lowest BCUT2D eigenvalue weighted by Crippen LogP contribution is -2.17. The Labute approximate surface area is 121 Å². The second-order valence-corrected chi connectivity index (χ2v) is 6.18. The zero-order valence-electron chi connectivity index (χ0n) is 11.5. The van der Waals surface area contributed by atoms with Crippen LogP contribution in [-0.2, 0) is 12.0 Å². The van der Waals surface area contributed by atoms with Crippen LogP contribution < -0.4 is 5.32 Å². The van der Waals surface area contributed by atoms with Crippen molar-refractivity contribution in [1.29, 1.82) is 0 Å². The normalized spacial score (nSPS) is 11.6. The Hall–Kier alpha value is -1.43. The second kappa shape index (κ2) is 5.28. The highest BCUT2D eigenvalue weighted by Crippen LogP contribution is 2.22. The topological polar surface area (TPSA) is 63.8 Å². The van der Waals surface area contributed by atoms with E-state index in [1.54, 1.807) is 6.20 Å². The fraction of sp³-hybridized carbons (Fsp3) is 0.462. The predicted molar refractivity (Wildman–Crippen MR) is 77.0 cm³/mol. The van der Waals surface area contributed by atoms with Gasteiger partial charge in [0, 0.05) is 11.5 Å². The van der Waals surface area contributed by atoms with Crippen LogP contribution in [-0.4, -0.2) is 15.0 Å². The standard InChI is InChI=1S/C13H17BrN4O/c1-8-6-16-11(19-8)7-15-10-5-9(14)17-12(18-10)13(2,3)4/h5-6H,7H2,1-4H3,(H,15,17,18). The molecular formula is C13H17BrN4O. The van der Waals surface area contributed by atoms with Crippen LogP contribution in [0.3, 0.4) is 0 Å². The quantitative estimate of drug-likeness (QED) is 0.876. The molecule has 0 aliphatic heterocycles. The first-order valence-electron chi connectivity index (χ1n) is 6.05. The van der Waals surface area contributed by atoms with Gasteiger partial charge in [-0.1, -0.05) is 20.8 Å². The van der Waals surface area contributed by atoms with Crippen LogP contribution in [0.2, 0.25) is 0 Å². The number of nitrogens with zero attached hydrogens (tertiary/aromatic N) is 3. The molecule has 5 nitrogen and oxygen atoms in total. The molecular weight excluding hydrogens is 308 g/mol. The second-order valence-electron chi connectivity index (χ2n) is 5.37. The van der Waals surface area contributed by atoms with Crippen molar-refractivity contribution in [3.05, 3.63) is 34.3 Å². The molecule has 2 rings (SSSR count). The molecule has 1 N–H and O–H groups in total. The summed E-state index contributed by atoms with van der Waals surface area (Å²) in [6.45, 7) is 8.61. The van der Waals surface area contributed by atoms with Gasteiger partial charge in [-0.3, -0.25) is 0 Å². The number of aryl methyl sites for hydroxylation is 1. The molecule has 0 saturated carbocycles. The van der Waals surface area contributed by atoms with Crippen LogP contribution in [0.1, 0.15) is 38.2 Å². The van der Waals surface area contributed by atoms with Gasteiger partial charge in [-0.2, -0.15) is 0 Å². The maximum Gasteiger partial charge on any atom is 0.213 e. The molecule has 0 aromatic carbocycles. The average molecular weight is 325 g/mol. The minimum atomic E-state index is -0.0975. The zero-order chi connectivity index (χ0) is 14.0. The Balaban J connectivity index is 2.14. The van der Waals surface area contributed by atoms with Crippen molar-refractivity contribution in [1.82, 2.24) is 15.0 Å². The molecule has 0 amide bonds. The van der Waals surface area contributed by atoms with Crippen molar-refractivity contribution >= 4 is 21.7 Å². The van der Waals surface area contributed by atoms with Crippen molar-refractivity contribution in [2.24, 2.45) is 0 Å². The Morgan fingerprint density at radius 2 is 2.05 bits per heavy atom. The Morgan fingerprint density at radius 3 is 2.63 bits per heavy atom. The summed E-state index contributed by atoms with van der Waals surface area (Å²) in [4.78, 5) is 13.0. The predicted octanol–water partition coefficient (Wildman–Crippen LogP) is 3.45. The van der Waals surface area contributed by atoms with Crippen molar-refractivity contribution in [3.63, 3.8) is 0 Å². The molecule has 0 aliphatic rings. The van der Waals surface area contributed by atoms with Crippen LogP contribution >= 0.6 is 15.9 Å². The SMILES string of the molecule is Cc1cnc(CNc2cc(Br)nc(C(C)(C)C)n2)o1. The summed E-state index contributed by atoms with van der Waals surface area (Å²) in [6, 6.07) is 1.84. The van der Waals surface area contributed by atoms with Crippen LogP contribution in [0.25, 0.3) is 0 Å². The van der Waals surface area contributed by atoms with Crippen LogP contribution in [0.5, 0.6) is 0 Å². The van der Waals surface area contributed by atoms with E-state index in [0.29, 0.717) is 12.4 Å². The van der Waals surface area contributed by atoms with Gasteiger partial charge in [-0.05, 0) is 22.9 Å². The lowest BCUT2D eigenvalue weighted by atomic mass is 9.96. The molecule has 0 radical (unpaired) electrons. The van der Waals surface area contributed by atoms with E-state index in [1.165, 1.54) is 0 Å². The first-order valence-corrected chi connectivity index (χ1v) is 6.84. The van der Waals surface area contributed by atoms with Crippen molar-refractivity contribution in [2.75, 3.05) is 5.32 Å². The van der Waals surface area contributed by atoms with Crippen molar-refractivity contribution < 1.29 is 4.42 Å². The summed E-state index contributed by atoms with van der Waals surface area (Å²) >= 11 is 3.41. The molecule has 19 heavy (non-hydrogen) atoms. The first kappa shape index (κ1) is 14.0. The molecule has 0 aliphatic carbocycles. The number of anilines is 1. The number of rotatable bonds is 3. The van der Waals surface area contributed by atoms with Gasteiger partial charge in [0.15, 0.2) is 0 Å². The van der Waals surface area contributed by atoms with Crippen LogP contribution in [0.15, 0.2) is 21.3 Å². The summed E-state index contributed by atoms with van der Waals surface area (Å²) in [5.74, 6) is 2.98. The van der Waals surface area contributed by atoms with E-state index in [9.17, 15) is 0 Å². The molecule has 2 aromatic rings. The van der Waals surface area contributed by atoms with Gasteiger partial charge in [-0.25, -0.2) is 15.0 Å². The third kappa shape index (κ3) is 3.76. The van der Waals surface area contributed by atoms with Gasteiger partial charge in [0.2, 0.25) is 5.89 Å². The molecule has 0 spiro atoms. The van der Waals surface area contributed by atoms with E-state index in [-0.39, 0.29) is 5.41 Å². The van der Waals surface area contributed by atoms with E-state index in [4.69, 9.17) is 4.42 Å². The largest absolute Gasteiger partial charge is 0.444 e. The monoisotopic (exact) mass is 324 g/mol. The van der Waals surface area contributed by atoms with Gasteiger partial charge in [0.1, 0.15) is 22.0 Å². The van der Waals surface area contributed by atoms with Crippen molar-refractivity contribution in [3.8, 4) is 0 Å². The van der Waals surface area contributed by atoms with Crippen LogP contribution in [0, 0.1) is 6.92 Å². The molecule has 2 heterocycles. The molecule has 2 aromatic heterocycles. The van der Waals surface area contributed by atoms with Crippen LogP contribution in [0.4, 0.5) is 5.82 Å². The smallest absolute Gasteiger partial charge is 0.213 e. The maximum absolute atomic E-state index is 5.40. The molecule has 0 saturated heterocycles. The number of hydrogen-bond acceptors (Lipinski definition) is 5. The third-order valence-corrected chi connectivity index (χ3v) is 2.86. The molecule has 6 heteroatoms. The van der Waals surface area contributed by atoms with Gasteiger partial charge in [0.25, 0.3) is 0 Å². The molecule has 102 valence electrons. The fourth-order valence-electron chi connectivity index (χ4n) is 1.49. The van der Waals surface area contributed by atoms with Gasteiger partial charge < -0.3 is 9.73 Å². The van der Waals surface area contributed by atoms with Gasteiger partial charge >= 0.3 is 0 Å². The van der Waals surface area contributed by atoms with Gasteiger partial charge in [-0.15, -0.1) is 0 Å². The zero-order valence-corrected chi connectivity index (χ0v) is 13.1. The summed E-state index contributed by atoms with van der Waals surface area (Å²) in [5, 5.41) is 3.19. The maximum atomic E-state index is 5.40. The van der Waals surface area contributed by atoms with E-state index >= 15 is 0 Å². The average Bonchev–Trinajstić information content (AvgIpc) is 2.71. The molecule has 0 bridgehead atoms. The minimum absolute atomic E-state index is 0.0975. The van der Waals surface area contributed by atoms with E-state index in [1.807, 2.05) is 13.0 Å². The molecule has 0 atom stereocenters. The van der Waals surface area contributed by atoms with E-state index in [2.05, 4.69) is 57.0 Å². The number of aromatic nitrogens is 3. The first-order chi connectivity index (χ1) is 8.84. The summed E-state index contributed by atoms with van der Waals surface area (Å²) in [6.07, 6.45) is 1.70. The number of halogens is 1. The lowest BCUT2D eigenvalue weighted by molar-refractivity contribution is 0.478. The Morgan fingerprint density at radius 1 is 1.32 bits per heavy atom. The van der Waals surface area contributed by atoms with E-state index < -0.39 is 0 Å². The highest BCUT2D eigenvalue weighted by atomic mass is 79.9. The third-order valence-electron chi connectivity index (χ3n) is 2.46. The summed E-state index contributed by atoms with van der Waals surface area (Å²) in [7, 11) is 0. The van der Waals surface area contributed by atoms with E-state index in [0.717, 1.165) is 22.0 Å². The molecule has 0 unspecified atom stereocenters. The summed E-state index contributed by atoms with van der Waals surface area (Å²) < 4.78 is 6.17. The number of hydrogen-bond donors (Lipinski definition) is 1. The molecule has 0 fully saturated rings. The highest BCUT2D eigenvalue weighted by Gasteiger charge is 2.18. The fourth-order valence-corrected chi connectivity index (χ4v) is 1.88. The summed E-state index contributed by atoms with van der Waals surface area (Å²) in [5.41, 5.74) is -0.0975.